The molecule has 2 aromatic rings. The van der Waals surface area contributed by atoms with Crippen LogP contribution in [-0.4, -0.2) is 45.7 Å². The number of aromatic nitrogens is 2. The molecule has 0 saturated carbocycles. The number of likely N-dealkylation sites (tertiary alicyclic amines) is 1. The number of carbonyl (C=O) groups excluding carboxylic acids is 2. The molecule has 25 heavy (non-hydrogen) atoms. The van der Waals surface area contributed by atoms with Gasteiger partial charge < -0.3 is 9.64 Å². The average Bonchev–Trinajstić information content (AvgIpc) is 3.29. The number of nitrogens with zero attached hydrogens (tertiary/aromatic N) is 2. The summed E-state index contributed by atoms with van der Waals surface area (Å²) in [6.45, 7) is 5.04. The third-order valence-corrected chi connectivity index (χ3v) is 5.33. The largest absolute Gasteiger partial charge is 0.464 e. The maximum Gasteiger partial charge on any atom is 0.332 e. The van der Waals surface area contributed by atoms with Gasteiger partial charge in [0.05, 0.1) is 12.3 Å². The molecule has 1 atom stereocenters. The number of H-pyrrole nitrogens is 1. The highest BCUT2D eigenvalue weighted by molar-refractivity contribution is 5.98. The minimum Gasteiger partial charge on any atom is -0.464 e. The smallest absolute Gasteiger partial charge is 0.332 e. The van der Waals surface area contributed by atoms with Crippen LogP contribution < -0.4 is 0 Å². The summed E-state index contributed by atoms with van der Waals surface area (Å²) in [5.41, 5.74) is 3.67. The minimum absolute atomic E-state index is 0.181. The predicted molar refractivity (Wildman–Crippen MR) is 92.1 cm³/mol. The average molecular weight is 339 g/mol. The molecule has 2 aliphatic rings. The number of hydrogen-bond donors (Lipinski definition) is 1. The monoisotopic (exact) mass is 339 g/mol. The van der Waals surface area contributed by atoms with Crippen molar-refractivity contribution >= 4 is 11.9 Å². The third kappa shape index (κ3) is 2.44. The van der Waals surface area contributed by atoms with Gasteiger partial charge in [-0.05, 0) is 38.3 Å². The van der Waals surface area contributed by atoms with Crippen LogP contribution in [0.15, 0.2) is 24.3 Å². The Hall–Kier alpha value is -2.63. The first kappa shape index (κ1) is 15.9. The highest BCUT2D eigenvalue weighted by atomic mass is 16.5. The molecule has 6 heteroatoms. The Balaban J connectivity index is 1.64. The standard InChI is InChI=1S/C19H21N3O3/c1-12-4-5-14(13(2)10-12)15-11-16(21-20-15)17(23)22-8-3-6-19(22)7-9-25-18(19)24/h4-5,10-11H,3,6-9H2,1-2H3,(H,20,21). The van der Waals surface area contributed by atoms with Crippen molar-refractivity contribution in [3.8, 4) is 11.3 Å². The molecular weight excluding hydrogens is 318 g/mol. The SMILES string of the molecule is Cc1ccc(-c2cc(C(=O)N3CCCC34CCOC4=O)[nH]n2)c(C)c1. The molecule has 1 unspecified atom stereocenters. The molecule has 1 aromatic heterocycles. The van der Waals surface area contributed by atoms with Crippen LogP contribution in [-0.2, 0) is 9.53 Å². The summed E-state index contributed by atoms with van der Waals surface area (Å²) in [4.78, 5) is 26.9. The zero-order valence-electron chi connectivity index (χ0n) is 14.5. The van der Waals surface area contributed by atoms with Gasteiger partial charge in [0.2, 0.25) is 0 Å². The highest BCUT2D eigenvalue weighted by Crippen LogP contribution is 2.38. The summed E-state index contributed by atoms with van der Waals surface area (Å²) < 4.78 is 5.15. The number of rotatable bonds is 2. The summed E-state index contributed by atoms with van der Waals surface area (Å²) in [5, 5.41) is 7.17. The summed E-state index contributed by atoms with van der Waals surface area (Å²) in [6, 6.07) is 7.91. The molecule has 1 N–H and O–H groups in total. The van der Waals surface area contributed by atoms with E-state index in [1.54, 1.807) is 11.0 Å². The number of cyclic esters (lactones) is 1. The molecule has 3 heterocycles. The summed E-state index contributed by atoms with van der Waals surface area (Å²) in [5.74, 6) is -0.452. The van der Waals surface area contributed by atoms with Crippen molar-refractivity contribution in [3.63, 3.8) is 0 Å². The van der Waals surface area contributed by atoms with E-state index in [1.807, 2.05) is 26.0 Å². The van der Waals surface area contributed by atoms with E-state index in [4.69, 9.17) is 4.74 Å². The van der Waals surface area contributed by atoms with E-state index in [0.717, 1.165) is 23.2 Å². The van der Waals surface area contributed by atoms with E-state index in [9.17, 15) is 9.59 Å². The zero-order valence-corrected chi connectivity index (χ0v) is 14.5. The Morgan fingerprint density at radius 3 is 2.84 bits per heavy atom. The number of amides is 1. The molecule has 1 aromatic carbocycles. The molecule has 0 bridgehead atoms. The highest BCUT2D eigenvalue weighted by Gasteiger charge is 2.54. The molecule has 2 saturated heterocycles. The van der Waals surface area contributed by atoms with Crippen LogP contribution in [0.4, 0.5) is 0 Å². The molecule has 4 rings (SSSR count). The van der Waals surface area contributed by atoms with Crippen LogP contribution in [0.25, 0.3) is 11.3 Å². The van der Waals surface area contributed by atoms with Gasteiger partial charge in [0.25, 0.3) is 5.91 Å². The van der Waals surface area contributed by atoms with Crippen molar-refractivity contribution < 1.29 is 14.3 Å². The van der Waals surface area contributed by atoms with E-state index in [0.29, 0.717) is 31.7 Å². The fraction of sp³-hybridized carbons (Fsp3) is 0.421. The summed E-state index contributed by atoms with van der Waals surface area (Å²) >= 11 is 0. The third-order valence-electron chi connectivity index (χ3n) is 5.33. The molecule has 1 spiro atoms. The maximum absolute atomic E-state index is 13.0. The molecule has 1 amide bonds. The van der Waals surface area contributed by atoms with Crippen LogP contribution in [0.2, 0.25) is 0 Å². The number of benzene rings is 1. The molecule has 2 fully saturated rings. The molecule has 0 radical (unpaired) electrons. The Labute approximate surface area is 146 Å². The number of nitrogens with one attached hydrogen (secondary N) is 1. The number of aromatic amines is 1. The van der Waals surface area contributed by atoms with Crippen LogP contribution >= 0.6 is 0 Å². The van der Waals surface area contributed by atoms with Gasteiger partial charge in [0.15, 0.2) is 0 Å². The molecule has 6 nitrogen and oxygen atoms in total. The number of esters is 1. The number of aryl methyl sites for hydroxylation is 2. The molecular formula is C19H21N3O3. The summed E-state index contributed by atoms with van der Waals surface area (Å²) in [7, 11) is 0. The predicted octanol–water partition coefficient (Wildman–Crippen LogP) is 2.62. The van der Waals surface area contributed by atoms with Gasteiger partial charge in [0, 0.05) is 18.5 Å². The van der Waals surface area contributed by atoms with E-state index < -0.39 is 5.54 Å². The van der Waals surface area contributed by atoms with Crippen molar-refractivity contribution in [1.29, 1.82) is 0 Å². The molecule has 130 valence electrons. The zero-order chi connectivity index (χ0) is 17.6. The lowest BCUT2D eigenvalue weighted by Crippen LogP contribution is -2.50. The van der Waals surface area contributed by atoms with Crippen molar-refractivity contribution in [3.05, 3.63) is 41.1 Å². The Morgan fingerprint density at radius 2 is 2.12 bits per heavy atom. The molecule has 0 aliphatic carbocycles. The maximum atomic E-state index is 13.0. The van der Waals surface area contributed by atoms with Gasteiger partial charge in [-0.2, -0.15) is 5.10 Å². The van der Waals surface area contributed by atoms with Crippen molar-refractivity contribution in [2.75, 3.05) is 13.2 Å². The number of ether oxygens (including phenoxy) is 1. The first-order valence-electron chi connectivity index (χ1n) is 8.63. The number of hydrogen-bond acceptors (Lipinski definition) is 4. The Kier molecular flexibility index (Phi) is 3.63. The molecule has 2 aliphatic heterocycles. The van der Waals surface area contributed by atoms with Crippen molar-refractivity contribution in [2.45, 2.75) is 38.6 Å². The van der Waals surface area contributed by atoms with Gasteiger partial charge in [-0.25, -0.2) is 4.79 Å². The van der Waals surface area contributed by atoms with E-state index in [-0.39, 0.29) is 11.9 Å². The minimum atomic E-state index is -0.776. The Bertz CT molecular complexity index is 853. The van der Waals surface area contributed by atoms with Gasteiger partial charge in [-0.3, -0.25) is 9.89 Å². The second-order valence-corrected chi connectivity index (χ2v) is 6.96. The lowest BCUT2D eigenvalue weighted by molar-refractivity contribution is -0.145. The first-order chi connectivity index (χ1) is 12.0. The van der Waals surface area contributed by atoms with Crippen LogP contribution in [0.1, 0.15) is 40.9 Å². The van der Waals surface area contributed by atoms with Crippen molar-refractivity contribution in [1.82, 2.24) is 15.1 Å². The van der Waals surface area contributed by atoms with Crippen molar-refractivity contribution in [2.24, 2.45) is 0 Å². The van der Waals surface area contributed by atoms with Crippen LogP contribution in [0.3, 0.4) is 0 Å². The first-order valence-corrected chi connectivity index (χ1v) is 8.63. The van der Waals surface area contributed by atoms with E-state index in [2.05, 4.69) is 16.3 Å². The topological polar surface area (TPSA) is 75.3 Å². The van der Waals surface area contributed by atoms with Gasteiger partial charge >= 0.3 is 5.97 Å². The van der Waals surface area contributed by atoms with Gasteiger partial charge in [-0.1, -0.05) is 23.8 Å². The number of carbonyl (C=O) groups is 2. The fourth-order valence-electron chi connectivity index (χ4n) is 4.01. The summed E-state index contributed by atoms with van der Waals surface area (Å²) in [6.07, 6.45) is 2.07. The van der Waals surface area contributed by atoms with Crippen LogP contribution in [0, 0.1) is 13.8 Å². The lowest BCUT2D eigenvalue weighted by Gasteiger charge is -2.30. The quantitative estimate of drug-likeness (QED) is 0.854. The van der Waals surface area contributed by atoms with E-state index in [1.165, 1.54) is 5.56 Å². The second kappa shape index (κ2) is 5.72. The van der Waals surface area contributed by atoms with Gasteiger partial charge in [0.1, 0.15) is 11.2 Å². The Morgan fingerprint density at radius 1 is 1.28 bits per heavy atom. The fourth-order valence-corrected chi connectivity index (χ4v) is 4.01. The van der Waals surface area contributed by atoms with Gasteiger partial charge in [-0.15, -0.1) is 0 Å². The second-order valence-electron chi connectivity index (χ2n) is 6.96. The normalized spacial score (nSPS) is 22.6. The van der Waals surface area contributed by atoms with Crippen LogP contribution in [0.5, 0.6) is 0 Å². The lowest BCUT2D eigenvalue weighted by atomic mass is 9.94. The van der Waals surface area contributed by atoms with E-state index >= 15 is 0 Å².